The standard InChI is InChI=1S/C20H24ClN3O/c1-15(22-23-19-8-4-3-7-18(19)21)16-9-10-20(25-2)17(13-16)14-24-11-5-6-12-24/h3-4,7-10,13,23H,5-6,11-12,14H2,1-2H3/b22-15-. The average Bonchev–Trinajstić information content (AvgIpc) is 3.14. The van der Waals surface area contributed by atoms with E-state index >= 15 is 0 Å². The number of nitrogens with one attached hydrogen (secondary N) is 1. The summed E-state index contributed by atoms with van der Waals surface area (Å²) in [5, 5.41) is 5.14. The van der Waals surface area contributed by atoms with E-state index in [9.17, 15) is 0 Å². The number of anilines is 1. The van der Waals surface area contributed by atoms with Crippen LogP contribution in [0.5, 0.6) is 5.75 Å². The molecule has 0 unspecified atom stereocenters. The van der Waals surface area contributed by atoms with Gasteiger partial charge in [0, 0.05) is 12.1 Å². The summed E-state index contributed by atoms with van der Waals surface area (Å²) in [6.07, 6.45) is 2.56. The van der Waals surface area contributed by atoms with Crippen LogP contribution in [0.2, 0.25) is 5.02 Å². The molecule has 0 amide bonds. The first kappa shape index (κ1) is 17.8. The van der Waals surface area contributed by atoms with Gasteiger partial charge in [-0.05, 0) is 68.8 Å². The molecule has 1 aliphatic heterocycles. The maximum absolute atomic E-state index is 6.16. The number of ether oxygens (including phenoxy) is 1. The SMILES string of the molecule is COc1ccc(/C(C)=N\Nc2ccccc2Cl)cc1CN1CCCC1. The molecule has 0 bridgehead atoms. The van der Waals surface area contributed by atoms with Crippen molar-refractivity contribution in [2.24, 2.45) is 5.10 Å². The van der Waals surface area contributed by atoms with Gasteiger partial charge >= 0.3 is 0 Å². The molecular weight excluding hydrogens is 334 g/mol. The van der Waals surface area contributed by atoms with Crippen LogP contribution in [0.3, 0.4) is 0 Å². The van der Waals surface area contributed by atoms with E-state index in [-0.39, 0.29) is 0 Å². The van der Waals surface area contributed by atoms with E-state index in [1.807, 2.05) is 43.3 Å². The molecule has 1 heterocycles. The molecule has 4 nitrogen and oxygen atoms in total. The molecular formula is C20H24ClN3O. The predicted molar refractivity (Wildman–Crippen MR) is 105 cm³/mol. The van der Waals surface area contributed by atoms with Crippen molar-refractivity contribution in [3.05, 3.63) is 58.6 Å². The molecule has 0 aromatic heterocycles. The molecule has 0 radical (unpaired) electrons. The number of benzene rings is 2. The number of halogens is 1. The Balaban J connectivity index is 1.78. The summed E-state index contributed by atoms with van der Waals surface area (Å²) >= 11 is 6.16. The fourth-order valence-electron chi connectivity index (χ4n) is 3.07. The van der Waals surface area contributed by atoms with Gasteiger partial charge in [-0.3, -0.25) is 10.3 Å². The molecule has 1 N–H and O–H groups in total. The summed E-state index contributed by atoms with van der Waals surface area (Å²) in [6.45, 7) is 5.23. The highest BCUT2D eigenvalue weighted by atomic mass is 35.5. The maximum atomic E-state index is 6.16. The first-order chi connectivity index (χ1) is 12.2. The van der Waals surface area contributed by atoms with Crippen LogP contribution >= 0.6 is 11.6 Å². The predicted octanol–water partition coefficient (Wildman–Crippen LogP) is 4.78. The molecule has 0 atom stereocenters. The fourth-order valence-corrected chi connectivity index (χ4v) is 3.25. The van der Waals surface area contributed by atoms with Gasteiger partial charge in [0.1, 0.15) is 5.75 Å². The molecule has 1 fully saturated rings. The molecule has 0 aliphatic carbocycles. The molecule has 2 aromatic rings. The Hall–Kier alpha value is -2.04. The van der Waals surface area contributed by atoms with Crippen LogP contribution in [0.1, 0.15) is 30.9 Å². The van der Waals surface area contributed by atoms with E-state index in [1.54, 1.807) is 7.11 Å². The highest BCUT2D eigenvalue weighted by Gasteiger charge is 2.15. The third-order valence-corrected chi connectivity index (χ3v) is 4.84. The quantitative estimate of drug-likeness (QED) is 0.597. The molecule has 5 heteroatoms. The molecule has 0 spiro atoms. The van der Waals surface area contributed by atoms with Crippen molar-refractivity contribution in [3.8, 4) is 5.75 Å². The van der Waals surface area contributed by atoms with E-state index < -0.39 is 0 Å². The summed E-state index contributed by atoms with van der Waals surface area (Å²) in [6, 6.07) is 13.8. The van der Waals surface area contributed by atoms with Crippen LogP contribution in [0.25, 0.3) is 0 Å². The summed E-state index contributed by atoms with van der Waals surface area (Å²) in [5.74, 6) is 0.933. The Labute approximate surface area is 154 Å². The first-order valence-electron chi connectivity index (χ1n) is 8.62. The number of rotatable bonds is 6. The van der Waals surface area contributed by atoms with Crippen LogP contribution in [0, 0.1) is 0 Å². The number of para-hydroxylation sites is 1. The number of likely N-dealkylation sites (tertiary alicyclic amines) is 1. The van der Waals surface area contributed by atoms with Crippen molar-refractivity contribution in [1.29, 1.82) is 0 Å². The van der Waals surface area contributed by atoms with Crippen LogP contribution in [0.15, 0.2) is 47.6 Å². The summed E-state index contributed by atoms with van der Waals surface area (Å²) < 4.78 is 5.54. The minimum absolute atomic E-state index is 0.656. The second-order valence-electron chi connectivity index (χ2n) is 6.30. The smallest absolute Gasteiger partial charge is 0.123 e. The van der Waals surface area contributed by atoms with E-state index in [4.69, 9.17) is 16.3 Å². The van der Waals surface area contributed by atoms with Gasteiger partial charge in [0.2, 0.25) is 0 Å². The second kappa shape index (κ2) is 8.37. The number of hydrogen-bond acceptors (Lipinski definition) is 4. The lowest BCUT2D eigenvalue weighted by Gasteiger charge is -2.18. The third-order valence-electron chi connectivity index (χ3n) is 4.51. The zero-order valence-electron chi connectivity index (χ0n) is 14.8. The Morgan fingerprint density at radius 2 is 1.96 bits per heavy atom. The third kappa shape index (κ3) is 4.53. The second-order valence-corrected chi connectivity index (χ2v) is 6.71. The van der Waals surface area contributed by atoms with Crippen molar-refractivity contribution in [2.75, 3.05) is 25.6 Å². The summed E-state index contributed by atoms with van der Waals surface area (Å²) in [7, 11) is 1.72. The van der Waals surface area contributed by atoms with Gasteiger partial charge in [0.25, 0.3) is 0 Å². The number of hydrogen-bond donors (Lipinski definition) is 1. The van der Waals surface area contributed by atoms with Crippen molar-refractivity contribution in [2.45, 2.75) is 26.3 Å². The lowest BCUT2D eigenvalue weighted by molar-refractivity contribution is 0.321. The summed E-state index contributed by atoms with van der Waals surface area (Å²) in [5.41, 5.74) is 7.04. The largest absolute Gasteiger partial charge is 0.496 e. The van der Waals surface area contributed by atoms with Crippen molar-refractivity contribution >= 4 is 23.0 Å². The normalized spacial score (nSPS) is 15.4. The highest BCUT2D eigenvalue weighted by Crippen LogP contribution is 2.24. The molecule has 2 aromatic carbocycles. The van der Waals surface area contributed by atoms with Crippen LogP contribution in [-0.2, 0) is 6.54 Å². The lowest BCUT2D eigenvalue weighted by Crippen LogP contribution is -2.19. The maximum Gasteiger partial charge on any atom is 0.123 e. The number of methoxy groups -OCH3 is 1. The Kier molecular flexibility index (Phi) is 5.95. The Morgan fingerprint density at radius 3 is 2.68 bits per heavy atom. The van der Waals surface area contributed by atoms with Gasteiger partial charge in [-0.2, -0.15) is 5.10 Å². The van der Waals surface area contributed by atoms with Gasteiger partial charge in [-0.25, -0.2) is 0 Å². The van der Waals surface area contributed by atoms with Gasteiger partial charge in [-0.15, -0.1) is 0 Å². The van der Waals surface area contributed by atoms with Crippen molar-refractivity contribution < 1.29 is 4.74 Å². The van der Waals surface area contributed by atoms with E-state index in [1.165, 1.54) is 18.4 Å². The molecule has 1 saturated heterocycles. The average molecular weight is 358 g/mol. The van der Waals surface area contributed by atoms with Crippen LogP contribution in [-0.4, -0.2) is 30.8 Å². The van der Waals surface area contributed by atoms with E-state index in [0.29, 0.717) is 5.02 Å². The zero-order valence-corrected chi connectivity index (χ0v) is 15.5. The van der Waals surface area contributed by atoms with Crippen molar-refractivity contribution in [3.63, 3.8) is 0 Å². The van der Waals surface area contributed by atoms with Gasteiger partial charge in [0.05, 0.1) is 23.5 Å². The van der Waals surface area contributed by atoms with Gasteiger partial charge in [-0.1, -0.05) is 23.7 Å². The zero-order chi connectivity index (χ0) is 17.6. The van der Waals surface area contributed by atoms with Gasteiger partial charge < -0.3 is 4.74 Å². The number of hydrazone groups is 1. The van der Waals surface area contributed by atoms with Gasteiger partial charge in [0.15, 0.2) is 0 Å². The van der Waals surface area contributed by atoms with E-state index in [0.717, 1.165) is 42.3 Å². The molecule has 132 valence electrons. The topological polar surface area (TPSA) is 36.9 Å². The van der Waals surface area contributed by atoms with Crippen LogP contribution < -0.4 is 10.2 Å². The monoisotopic (exact) mass is 357 g/mol. The number of nitrogens with zero attached hydrogens (tertiary/aromatic N) is 2. The molecule has 1 aliphatic rings. The summed E-state index contributed by atoms with van der Waals surface area (Å²) in [4.78, 5) is 2.47. The van der Waals surface area contributed by atoms with Crippen molar-refractivity contribution in [1.82, 2.24) is 4.90 Å². The Morgan fingerprint density at radius 1 is 1.20 bits per heavy atom. The minimum Gasteiger partial charge on any atom is -0.496 e. The fraction of sp³-hybridized carbons (Fsp3) is 0.350. The van der Waals surface area contributed by atoms with E-state index in [2.05, 4.69) is 21.5 Å². The Bertz CT molecular complexity index is 754. The van der Waals surface area contributed by atoms with Crippen LogP contribution in [0.4, 0.5) is 5.69 Å². The molecule has 3 rings (SSSR count). The molecule has 25 heavy (non-hydrogen) atoms. The molecule has 0 saturated carbocycles. The minimum atomic E-state index is 0.656. The lowest BCUT2D eigenvalue weighted by atomic mass is 10.1. The first-order valence-corrected chi connectivity index (χ1v) is 8.99. The highest BCUT2D eigenvalue weighted by molar-refractivity contribution is 6.33.